The molecule has 0 aliphatic carbocycles. The molecule has 0 radical (unpaired) electrons. The van der Waals surface area contributed by atoms with Gasteiger partial charge in [0, 0.05) is 18.5 Å². The molecule has 0 atom stereocenters. The minimum absolute atomic E-state index is 0.182. The fraction of sp³-hybridized carbons (Fsp3) is 0.533. The zero-order chi connectivity index (χ0) is 12.3. The number of piperidine rings is 1. The van der Waals surface area contributed by atoms with Crippen LogP contribution in [0.4, 0.5) is 0 Å². The molecule has 0 bridgehead atoms. The predicted molar refractivity (Wildman–Crippen MR) is 72.6 cm³/mol. The number of benzene rings is 1. The largest absolute Gasteiger partial charge is 0.360 e. The highest BCUT2D eigenvalue weighted by Gasteiger charge is 2.30. The van der Waals surface area contributed by atoms with Crippen LogP contribution in [0.1, 0.15) is 38.7 Å². The van der Waals surface area contributed by atoms with Gasteiger partial charge in [-0.15, -0.1) is 0 Å². The smallest absolute Gasteiger partial charge is 0.106 e. The van der Waals surface area contributed by atoms with Crippen molar-refractivity contribution in [1.82, 2.24) is 4.90 Å². The molecule has 0 aromatic heterocycles. The third-order valence-corrected chi connectivity index (χ3v) is 3.76. The van der Waals surface area contributed by atoms with Gasteiger partial charge in [-0.2, -0.15) is 0 Å². The summed E-state index contributed by atoms with van der Waals surface area (Å²) < 4.78 is 0. The minimum Gasteiger partial charge on any atom is -0.360 e. The molecule has 1 aromatic rings. The molecule has 0 spiro atoms. The van der Waals surface area contributed by atoms with Crippen molar-refractivity contribution in [2.75, 3.05) is 13.1 Å². The van der Waals surface area contributed by atoms with Crippen molar-refractivity contribution in [3.8, 4) is 0 Å². The molecule has 1 aliphatic heterocycles. The van der Waals surface area contributed by atoms with E-state index in [1.54, 1.807) is 0 Å². The third-order valence-electron chi connectivity index (χ3n) is 3.76. The van der Waals surface area contributed by atoms with Crippen LogP contribution in [0.15, 0.2) is 30.3 Å². The Morgan fingerprint density at radius 2 is 1.65 bits per heavy atom. The molecule has 1 aliphatic rings. The normalized spacial score (nSPS) is 16.9. The standard InChI is InChI=1S/C15H22N2/c1-15(2,13-9-5-3-6-10-13)14(16)17-11-7-4-8-12-17/h3,5-6,9-10,16H,4,7-8,11-12H2,1-2H3. The van der Waals surface area contributed by atoms with Crippen LogP contribution in [-0.4, -0.2) is 23.8 Å². The lowest BCUT2D eigenvalue weighted by Gasteiger charge is -2.37. The second-order valence-electron chi connectivity index (χ2n) is 5.39. The molecule has 92 valence electrons. The van der Waals surface area contributed by atoms with E-state index in [0.29, 0.717) is 0 Å². The van der Waals surface area contributed by atoms with Gasteiger partial charge in [0.1, 0.15) is 5.84 Å². The summed E-state index contributed by atoms with van der Waals surface area (Å²) in [6.45, 7) is 6.41. The van der Waals surface area contributed by atoms with Gasteiger partial charge in [-0.3, -0.25) is 5.41 Å². The molecule has 0 unspecified atom stereocenters. The second-order valence-corrected chi connectivity index (χ2v) is 5.39. The number of nitrogens with zero attached hydrogens (tertiary/aromatic N) is 1. The lowest BCUT2D eigenvalue weighted by atomic mass is 9.82. The van der Waals surface area contributed by atoms with E-state index in [-0.39, 0.29) is 5.41 Å². The Morgan fingerprint density at radius 1 is 1.06 bits per heavy atom. The van der Waals surface area contributed by atoms with Crippen LogP contribution < -0.4 is 0 Å². The number of likely N-dealkylation sites (tertiary alicyclic amines) is 1. The molecule has 0 amide bonds. The van der Waals surface area contributed by atoms with Crippen LogP contribution in [0, 0.1) is 5.41 Å². The van der Waals surface area contributed by atoms with Gasteiger partial charge in [0.25, 0.3) is 0 Å². The SMILES string of the molecule is CC(C)(C(=N)N1CCCCC1)c1ccccc1. The Balaban J connectivity index is 2.17. The summed E-state index contributed by atoms with van der Waals surface area (Å²) in [6.07, 6.45) is 3.77. The lowest BCUT2D eigenvalue weighted by molar-refractivity contribution is 0.321. The fourth-order valence-electron chi connectivity index (χ4n) is 2.50. The van der Waals surface area contributed by atoms with Gasteiger partial charge in [-0.1, -0.05) is 30.3 Å². The molecule has 1 N–H and O–H groups in total. The van der Waals surface area contributed by atoms with Gasteiger partial charge < -0.3 is 4.90 Å². The van der Waals surface area contributed by atoms with Crippen LogP contribution in [0.25, 0.3) is 0 Å². The first-order valence-electron chi connectivity index (χ1n) is 6.52. The van der Waals surface area contributed by atoms with Crippen LogP contribution in [0.3, 0.4) is 0 Å². The van der Waals surface area contributed by atoms with E-state index >= 15 is 0 Å². The molecular formula is C15H22N2. The van der Waals surface area contributed by atoms with Crippen molar-refractivity contribution in [1.29, 1.82) is 5.41 Å². The van der Waals surface area contributed by atoms with Gasteiger partial charge in [0.15, 0.2) is 0 Å². The van der Waals surface area contributed by atoms with Gasteiger partial charge in [0.05, 0.1) is 0 Å². The zero-order valence-electron chi connectivity index (χ0n) is 10.9. The van der Waals surface area contributed by atoms with Gasteiger partial charge in [-0.05, 0) is 38.7 Å². The molecular weight excluding hydrogens is 208 g/mol. The third kappa shape index (κ3) is 2.51. The van der Waals surface area contributed by atoms with Crippen molar-refractivity contribution in [3.05, 3.63) is 35.9 Å². The molecule has 1 saturated heterocycles. The topological polar surface area (TPSA) is 27.1 Å². The number of hydrogen-bond donors (Lipinski definition) is 1. The summed E-state index contributed by atoms with van der Waals surface area (Å²) in [5.41, 5.74) is 1.05. The van der Waals surface area contributed by atoms with Crippen LogP contribution in [0.5, 0.6) is 0 Å². The zero-order valence-corrected chi connectivity index (χ0v) is 10.9. The monoisotopic (exact) mass is 230 g/mol. The maximum atomic E-state index is 8.45. The minimum atomic E-state index is -0.182. The molecule has 1 heterocycles. The summed E-state index contributed by atoms with van der Waals surface area (Å²) >= 11 is 0. The van der Waals surface area contributed by atoms with Crippen LogP contribution >= 0.6 is 0 Å². The Morgan fingerprint density at radius 3 is 2.24 bits per heavy atom. The van der Waals surface area contributed by atoms with Gasteiger partial charge >= 0.3 is 0 Å². The summed E-state index contributed by atoms with van der Waals surface area (Å²) in [5.74, 6) is 0.767. The van der Waals surface area contributed by atoms with Crippen molar-refractivity contribution >= 4 is 5.84 Å². The maximum absolute atomic E-state index is 8.45. The summed E-state index contributed by atoms with van der Waals surface area (Å²) in [5, 5.41) is 8.45. The lowest BCUT2D eigenvalue weighted by Crippen LogP contribution is -2.45. The number of hydrogen-bond acceptors (Lipinski definition) is 1. The van der Waals surface area contributed by atoms with E-state index in [9.17, 15) is 0 Å². The van der Waals surface area contributed by atoms with Crippen molar-refractivity contribution in [2.24, 2.45) is 0 Å². The molecule has 1 aromatic carbocycles. The number of nitrogens with one attached hydrogen (secondary N) is 1. The highest BCUT2D eigenvalue weighted by Crippen LogP contribution is 2.27. The first-order valence-corrected chi connectivity index (χ1v) is 6.52. The molecule has 0 saturated carbocycles. The van der Waals surface area contributed by atoms with E-state index < -0.39 is 0 Å². The van der Waals surface area contributed by atoms with E-state index in [0.717, 1.165) is 18.9 Å². The quantitative estimate of drug-likeness (QED) is 0.611. The van der Waals surface area contributed by atoms with Crippen molar-refractivity contribution < 1.29 is 0 Å². The predicted octanol–water partition coefficient (Wildman–Crippen LogP) is 3.43. The molecule has 2 heteroatoms. The summed E-state index contributed by atoms with van der Waals surface area (Å²) in [6, 6.07) is 10.4. The highest BCUT2D eigenvalue weighted by molar-refractivity contribution is 5.89. The maximum Gasteiger partial charge on any atom is 0.106 e. The highest BCUT2D eigenvalue weighted by atomic mass is 15.2. The molecule has 2 nitrogen and oxygen atoms in total. The van der Waals surface area contributed by atoms with Crippen LogP contribution in [-0.2, 0) is 5.41 Å². The molecule has 2 rings (SSSR count). The van der Waals surface area contributed by atoms with Gasteiger partial charge in [-0.25, -0.2) is 0 Å². The Bertz CT molecular complexity index is 375. The molecule has 17 heavy (non-hydrogen) atoms. The first kappa shape index (κ1) is 12.2. The Kier molecular flexibility index (Phi) is 3.51. The number of amidine groups is 1. The fourth-order valence-corrected chi connectivity index (χ4v) is 2.50. The number of rotatable bonds is 2. The van der Waals surface area contributed by atoms with Gasteiger partial charge in [0.2, 0.25) is 0 Å². The van der Waals surface area contributed by atoms with Crippen molar-refractivity contribution in [3.63, 3.8) is 0 Å². The average molecular weight is 230 g/mol. The Hall–Kier alpha value is -1.31. The Labute approximate surface area is 104 Å². The van der Waals surface area contributed by atoms with Crippen molar-refractivity contribution in [2.45, 2.75) is 38.5 Å². The second kappa shape index (κ2) is 4.91. The van der Waals surface area contributed by atoms with E-state index in [1.807, 2.05) is 6.07 Å². The molecule has 1 fully saturated rings. The average Bonchev–Trinajstić information content (AvgIpc) is 2.40. The first-order chi connectivity index (χ1) is 8.12. The van der Waals surface area contributed by atoms with E-state index in [1.165, 1.54) is 24.8 Å². The van der Waals surface area contributed by atoms with Crippen LogP contribution in [0.2, 0.25) is 0 Å². The van der Waals surface area contributed by atoms with E-state index in [4.69, 9.17) is 5.41 Å². The van der Waals surface area contributed by atoms with E-state index in [2.05, 4.69) is 43.0 Å². The summed E-state index contributed by atoms with van der Waals surface area (Å²) in [4.78, 5) is 2.25. The summed E-state index contributed by atoms with van der Waals surface area (Å²) in [7, 11) is 0.